The number of aliphatic hydroxyl groups excluding tert-OH is 1. The standard InChI is InChI=1S/C16H22N2O2/c19-11-14-7-4-10-18(14)15(20)17-12-16(8-9-16)13-5-2-1-3-6-13/h1-3,5-6,14,19H,4,7-12H2,(H,17,20). The van der Waals surface area contributed by atoms with Gasteiger partial charge >= 0.3 is 6.03 Å². The SMILES string of the molecule is O=C(NCC1(c2ccccc2)CC1)N1CCCC1CO. The Balaban J connectivity index is 1.58. The van der Waals surface area contributed by atoms with Crippen molar-refractivity contribution in [1.29, 1.82) is 0 Å². The number of aliphatic hydroxyl groups is 1. The molecule has 0 radical (unpaired) electrons. The summed E-state index contributed by atoms with van der Waals surface area (Å²) in [7, 11) is 0. The lowest BCUT2D eigenvalue weighted by Crippen LogP contribution is -2.46. The third-order valence-corrected chi connectivity index (χ3v) is 4.67. The largest absolute Gasteiger partial charge is 0.394 e. The summed E-state index contributed by atoms with van der Waals surface area (Å²) in [5.41, 5.74) is 1.46. The zero-order valence-electron chi connectivity index (χ0n) is 11.7. The van der Waals surface area contributed by atoms with Gasteiger partial charge in [0.2, 0.25) is 0 Å². The molecule has 1 heterocycles. The van der Waals surface area contributed by atoms with Crippen molar-refractivity contribution in [2.45, 2.75) is 37.1 Å². The molecule has 2 aliphatic rings. The smallest absolute Gasteiger partial charge is 0.317 e. The summed E-state index contributed by atoms with van der Waals surface area (Å²) in [6.45, 7) is 1.52. The molecule has 108 valence electrons. The molecule has 20 heavy (non-hydrogen) atoms. The van der Waals surface area contributed by atoms with Crippen LogP contribution in [0.3, 0.4) is 0 Å². The van der Waals surface area contributed by atoms with E-state index in [2.05, 4.69) is 29.6 Å². The summed E-state index contributed by atoms with van der Waals surface area (Å²) in [5.74, 6) is 0. The maximum atomic E-state index is 12.2. The van der Waals surface area contributed by atoms with E-state index in [0.717, 1.165) is 32.2 Å². The second-order valence-electron chi connectivity index (χ2n) is 5.98. The molecule has 1 saturated heterocycles. The molecule has 2 fully saturated rings. The molecule has 1 atom stereocenters. The van der Waals surface area contributed by atoms with Crippen LogP contribution in [-0.4, -0.2) is 41.8 Å². The highest BCUT2D eigenvalue weighted by molar-refractivity contribution is 5.75. The van der Waals surface area contributed by atoms with Gasteiger partial charge in [0.1, 0.15) is 0 Å². The van der Waals surface area contributed by atoms with E-state index >= 15 is 0 Å². The van der Waals surface area contributed by atoms with Crippen LogP contribution in [0.4, 0.5) is 4.79 Å². The minimum Gasteiger partial charge on any atom is -0.394 e. The number of hydrogen-bond donors (Lipinski definition) is 2. The Bertz CT molecular complexity index is 471. The number of urea groups is 1. The van der Waals surface area contributed by atoms with Crippen LogP contribution in [0.1, 0.15) is 31.2 Å². The Morgan fingerprint density at radius 1 is 1.35 bits per heavy atom. The Morgan fingerprint density at radius 3 is 2.75 bits per heavy atom. The summed E-state index contributed by atoms with van der Waals surface area (Å²) in [6.07, 6.45) is 4.18. The fourth-order valence-corrected chi connectivity index (χ4v) is 3.15. The van der Waals surface area contributed by atoms with Crippen molar-refractivity contribution < 1.29 is 9.90 Å². The van der Waals surface area contributed by atoms with Crippen molar-refractivity contribution in [3.63, 3.8) is 0 Å². The second-order valence-corrected chi connectivity index (χ2v) is 5.98. The predicted octanol–water partition coefficient (Wildman–Crippen LogP) is 1.88. The molecule has 1 unspecified atom stereocenters. The number of amides is 2. The number of rotatable bonds is 4. The zero-order valence-corrected chi connectivity index (χ0v) is 11.7. The van der Waals surface area contributed by atoms with Crippen molar-refractivity contribution in [3.05, 3.63) is 35.9 Å². The fraction of sp³-hybridized carbons (Fsp3) is 0.562. The third kappa shape index (κ3) is 2.52. The second kappa shape index (κ2) is 5.44. The molecular formula is C16H22N2O2. The number of benzene rings is 1. The number of nitrogens with one attached hydrogen (secondary N) is 1. The van der Waals surface area contributed by atoms with Crippen LogP contribution in [0.5, 0.6) is 0 Å². The molecule has 0 bridgehead atoms. The lowest BCUT2D eigenvalue weighted by Gasteiger charge is -2.25. The number of carbonyl (C=O) groups is 1. The minimum atomic E-state index is -0.0243. The maximum Gasteiger partial charge on any atom is 0.317 e. The molecule has 1 aliphatic heterocycles. The van der Waals surface area contributed by atoms with Gasteiger partial charge in [0.05, 0.1) is 12.6 Å². The van der Waals surface area contributed by atoms with Crippen molar-refractivity contribution in [1.82, 2.24) is 10.2 Å². The van der Waals surface area contributed by atoms with Gasteiger partial charge in [0.15, 0.2) is 0 Å². The van der Waals surface area contributed by atoms with Gasteiger partial charge in [-0.1, -0.05) is 30.3 Å². The highest BCUT2D eigenvalue weighted by Gasteiger charge is 2.44. The number of hydrogen-bond acceptors (Lipinski definition) is 2. The Morgan fingerprint density at radius 2 is 2.10 bits per heavy atom. The van der Waals surface area contributed by atoms with Gasteiger partial charge in [0, 0.05) is 18.5 Å². The van der Waals surface area contributed by atoms with Crippen LogP contribution in [-0.2, 0) is 5.41 Å². The van der Waals surface area contributed by atoms with E-state index in [4.69, 9.17) is 0 Å². The Kier molecular flexibility index (Phi) is 3.66. The molecule has 1 aromatic rings. The first-order valence-corrected chi connectivity index (χ1v) is 7.46. The van der Waals surface area contributed by atoms with Crippen LogP contribution < -0.4 is 5.32 Å². The molecule has 1 saturated carbocycles. The van der Waals surface area contributed by atoms with Gasteiger partial charge in [-0.25, -0.2) is 4.79 Å². The molecule has 1 aromatic carbocycles. The van der Waals surface area contributed by atoms with Crippen molar-refractivity contribution in [2.24, 2.45) is 0 Å². The van der Waals surface area contributed by atoms with E-state index in [-0.39, 0.29) is 24.1 Å². The van der Waals surface area contributed by atoms with Gasteiger partial charge in [0.25, 0.3) is 0 Å². The average molecular weight is 274 g/mol. The summed E-state index contributed by atoms with van der Waals surface area (Å²) in [5, 5.41) is 12.3. The molecule has 4 heteroatoms. The number of likely N-dealkylation sites (tertiary alicyclic amines) is 1. The number of carbonyl (C=O) groups excluding carboxylic acids is 1. The van der Waals surface area contributed by atoms with Crippen molar-refractivity contribution in [2.75, 3.05) is 19.7 Å². The summed E-state index contributed by atoms with van der Waals surface area (Å²) in [6, 6.07) is 10.4. The normalized spacial score (nSPS) is 23.6. The van der Waals surface area contributed by atoms with E-state index in [1.54, 1.807) is 4.90 Å². The van der Waals surface area contributed by atoms with Gasteiger partial charge in [-0.15, -0.1) is 0 Å². The van der Waals surface area contributed by atoms with Gasteiger partial charge in [-0.3, -0.25) is 0 Å². The molecule has 1 aliphatic carbocycles. The van der Waals surface area contributed by atoms with E-state index in [1.165, 1.54) is 5.56 Å². The Hall–Kier alpha value is -1.55. The molecule has 4 nitrogen and oxygen atoms in total. The van der Waals surface area contributed by atoms with Gasteiger partial charge in [-0.05, 0) is 31.2 Å². The van der Waals surface area contributed by atoms with E-state index in [9.17, 15) is 9.90 Å². The lowest BCUT2D eigenvalue weighted by molar-refractivity contribution is 0.156. The predicted molar refractivity (Wildman–Crippen MR) is 77.6 cm³/mol. The first-order chi connectivity index (χ1) is 9.75. The molecule has 3 rings (SSSR count). The van der Waals surface area contributed by atoms with Crippen LogP contribution in [0.25, 0.3) is 0 Å². The van der Waals surface area contributed by atoms with E-state index in [0.29, 0.717) is 6.54 Å². The van der Waals surface area contributed by atoms with Crippen LogP contribution in [0, 0.1) is 0 Å². The van der Waals surface area contributed by atoms with Gasteiger partial charge < -0.3 is 15.3 Å². The minimum absolute atomic E-state index is 0.00174. The molecule has 0 aromatic heterocycles. The quantitative estimate of drug-likeness (QED) is 0.881. The third-order valence-electron chi connectivity index (χ3n) is 4.67. The first kappa shape index (κ1) is 13.4. The van der Waals surface area contributed by atoms with Crippen molar-refractivity contribution in [3.8, 4) is 0 Å². The van der Waals surface area contributed by atoms with Crippen LogP contribution >= 0.6 is 0 Å². The average Bonchev–Trinajstić information content (AvgIpc) is 3.14. The molecule has 2 N–H and O–H groups in total. The summed E-state index contributed by atoms with van der Waals surface area (Å²) < 4.78 is 0. The van der Waals surface area contributed by atoms with Crippen molar-refractivity contribution >= 4 is 6.03 Å². The molecule has 2 amide bonds. The highest BCUT2D eigenvalue weighted by atomic mass is 16.3. The van der Waals surface area contributed by atoms with E-state index < -0.39 is 0 Å². The maximum absolute atomic E-state index is 12.2. The molecular weight excluding hydrogens is 252 g/mol. The lowest BCUT2D eigenvalue weighted by atomic mass is 9.96. The molecule has 0 spiro atoms. The summed E-state index contributed by atoms with van der Waals surface area (Å²) in [4.78, 5) is 14.0. The first-order valence-electron chi connectivity index (χ1n) is 7.46. The zero-order chi connectivity index (χ0) is 14.0. The van der Waals surface area contributed by atoms with Crippen LogP contribution in [0.2, 0.25) is 0 Å². The summed E-state index contributed by atoms with van der Waals surface area (Å²) >= 11 is 0. The monoisotopic (exact) mass is 274 g/mol. The highest BCUT2D eigenvalue weighted by Crippen LogP contribution is 2.47. The number of nitrogens with zero attached hydrogens (tertiary/aromatic N) is 1. The van der Waals surface area contributed by atoms with E-state index in [1.807, 2.05) is 6.07 Å². The van der Waals surface area contributed by atoms with Crippen LogP contribution in [0.15, 0.2) is 30.3 Å². The Labute approximate surface area is 119 Å². The topological polar surface area (TPSA) is 52.6 Å². The van der Waals surface area contributed by atoms with Gasteiger partial charge in [-0.2, -0.15) is 0 Å². The fourth-order valence-electron chi connectivity index (χ4n) is 3.15.